The average Bonchev–Trinajstić information content (AvgIpc) is 3.01. The standard InChI is InChI=1S/C15H20N2O.ClH/c1-15(7-8-16-10-15)14(18)17-13-9-12(13)11-5-3-2-4-6-11;/h2-6,12-13,16H,7-10H2,1H3,(H,17,18);1H. The van der Waals surface area contributed by atoms with Gasteiger partial charge < -0.3 is 10.6 Å². The van der Waals surface area contributed by atoms with Crippen molar-refractivity contribution in [3.63, 3.8) is 0 Å². The van der Waals surface area contributed by atoms with Gasteiger partial charge in [-0.3, -0.25) is 4.79 Å². The summed E-state index contributed by atoms with van der Waals surface area (Å²) in [5, 5.41) is 6.48. The Balaban J connectivity index is 0.00000133. The SMILES string of the molecule is CC1(C(=O)NC2CC2c2ccccc2)CCNC1.Cl. The highest BCUT2D eigenvalue weighted by Gasteiger charge is 2.43. The van der Waals surface area contributed by atoms with E-state index in [-0.39, 0.29) is 23.7 Å². The van der Waals surface area contributed by atoms with Gasteiger partial charge in [-0.2, -0.15) is 0 Å². The highest BCUT2D eigenvalue weighted by Crippen LogP contribution is 2.41. The Bertz CT molecular complexity index is 443. The topological polar surface area (TPSA) is 41.1 Å². The van der Waals surface area contributed by atoms with Gasteiger partial charge in [-0.15, -0.1) is 12.4 Å². The third-order valence-electron chi connectivity index (χ3n) is 4.25. The molecule has 1 amide bonds. The Labute approximate surface area is 120 Å². The summed E-state index contributed by atoms with van der Waals surface area (Å²) in [4.78, 5) is 12.2. The zero-order valence-corrected chi connectivity index (χ0v) is 12.0. The monoisotopic (exact) mass is 280 g/mol. The van der Waals surface area contributed by atoms with Crippen molar-refractivity contribution in [3.05, 3.63) is 35.9 Å². The molecule has 2 N–H and O–H groups in total. The summed E-state index contributed by atoms with van der Waals surface area (Å²) in [7, 11) is 0. The lowest BCUT2D eigenvalue weighted by molar-refractivity contribution is -0.129. The van der Waals surface area contributed by atoms with Gasteiger partial charge in [0, 0.05) is 18.5 Å². The first kappa shape index (κ1) is 14.4. The zero-order valence-electron chi connectivity index (χ0n) is 11.2. The van der Waals surface area contributed by atoms with E-state index >= 15 is 0 Å². The van der Waals surface area contributed by atoms with Crippen LogP contribution in [0, 0.1) is 5.41 Å². The largest absolute Gasteiger partial charge is 0.352 e. The molecule has 1 aromatic carbocycles. The molecule has 1 heterocycles. The van der Waals surface area contributed by atoms with Gasteiger partial charge in [0.15, 0.2) is 0 Å². The van der Waals surface area contributed by atoms with Crippen molar-refractivity contribution in [2.45, 2.75) is 31.7 Å². The number of hydrogen-bond acceptors (Lipinski definition) is 2. The lowest BCUT2D eigenvalue weighted by Crippen LogP contribution is -2.41. The van der Waals surface area contributed by atoms with Crippen molar-refractivity contribution in [1.82, 2.24) is 10.6 Å². The minimum Gasteiger partial charge on any atom is -0.352 e. The highest BCUT2D eigenvalue weighted by atomic mass is 35.5. The molecule has 3 unspecified atom stereocenters. The second-order valence-electron chi connectivity index (χ2n) is 5.82. The molecule has 2 aliphatic rings. The molecule has 104 valence electrons. The third-order valence-corrected chi connectivity index (χ3v) is 4.25. The number of halogens is 1. The summed E-state index contributed by atoms with van der Waals surface area (Å²) in [5.74, 6) is 0.740. The predicted octanol–water partition coefficient (Wildman–Crippen LogP) is 2.08. The van der Waals surface area contributed by atoms with E-state index in [0.29, 0.717) is 12.0 Å². The number of nitrogens with one attached hydrogen (secondary N) is 2. The van der Waals surface area contributed by atoms with E-state index in [1.54, 1.807) is 0 Å². The molecule has 2 fully saturated rings. The van der Waals surface area contributed by atoms with Gasteiger partial charge in [-0.05, 0) is 31.9 Å². The lowest BCUT2D eigenvalue weighted by atomic mass is 9.89. The molecule has 1 aromatic rings. The number of rotatable bonds is 3. The van der Waals surface area contributed by atoms with E-state index in [1.165, 1.54) is 5.56 Å². The van der Waals surface area contributed by atoms with Crippen molar-refractivity contribution < 1.29 is 4.79 Å². The van der Waals surface area contributed by atoms with E-state index in [4.69, 9.17) is 0 Å². The second-order valence-corrected chi connectivity index (χ2v) is 5.82. The van der Waals surface area contributed by atoms with Gasteiger partial charge in [0.25, 0.3) is 0 Å². The summed E-state index contributed by atoms with van der Waals surface area (Å²) in [6, 6.07) is 10.8. The molecular weight excluding hydrogens is 260 g/mol. The van der Waals surface area contributed by atoms with Crippen LogP contribution in [-0.2, 0) is 4.79 Å². The Morgan fingerprint density at radius 3 is 2.74 bits per heavy atom. The van der Waals surface area contributed by atoms with E-state index in [9.17, 15) is 4.79 Å². The van der Waals surface area contributed by atoms with Crippen LogP contribution < -0.4 is 10.6 Å². The van der Waals surface area contributed by atoms with E-state index < -0.39 is 0 Å². The smallest absolute Gasteiger partial charge is 0.227 e. The van der Waals surface area contributed by atoms with E-state index in [0.717, 1.165) is 25.9 Å². The zero-order chi connectivity index (χ0) is 12.6. The van der Waals surface area contributed by atoms with Crippen molar-refractivity contribution in [2.75, 3.05) is 13.1 Å². The van der Waals surface area contributed by atoms with Crippen LogP contribution >= 0.6 is 12.4 Å². The Hall–Kier alpha value is -1.06. The first-order chi connectivity index (χ1) is 8.69. The van der Waals surface area contributed by atoms with Crippen LogP contribution in [0.1, 0.15) is 31.2 Å². The van der Waals surface area contributed by atoms with Gasteiger partial charge in [0.1, 0.15) is 0 Å². The van der Waals surface area contributed by atoms with Crippen LogP contribution in [0.25, 0.3) is 0 Å². The fourth-order valence-corrected chi connectivity index (χ4v) is 2.78. The molecule has 0 bridgehead atoms. The van der Waals surface area contributed by atoms with Crippen LogP contribution in [-0.4, -0.2) is 25.0 Å². The maximum absolute atomic E-state index is 12.2. The fourth-order valence-electron chi connectivity index (χ4n) is 2.78. The Morgan fingerprint density at radius 1 is 1.37 bits per heavy atom. The Kier molecular flexibility index (Phi) is 4.16. The normalized spacial score (nSPS) is 32.5. The average molecular weight is 281 g/mol. The molecule has 1 saturated heterocycles. The lowest BCUT2D eigenvalue weighted by Gasteiger charge is -2.21. The third kappa shape index (κ3) is 2.93. The van der Waals surface area contributed by atoms with Crippen LogP contribution in [0.2, 0.25) is 0 Å². The quantitative estimate of drug-likeness (QED) is 0.890. The van der Waals surface area contributed by atoms with Crippen LogP contribution in [0.15, 0.2) is 30.3 Å². The number of amides is 1. The van der Waals surface area contributed by atoms with Crippen LogP contribution in [0.4, 0.5) is 0 Å². The number of carbonyl (C=O) groups is 1. The minimum atomic E-state index is -0.205. The van der Waals surface area contributed by atoms with E-state index in [1.807, 2.05) is 6.07 Å². The molecule has 19 heavy (non-hydrogen) atoms. The molecule has 1 aliphatic carbocycles. The Morgan fingerprint density at radius 2 is 2.11 bits per heavy atom. The fraction of sp³-hybridized carbons (Fsp3) is 0.533. The number of hydrogen-bond donors (Lipinski definition) is 2. The van der Waals surface area contributed by atoms with Crippen LogP contribution in [0.3, 0.4) is 0 Å². The van der Waals surface area contributed by atoms with Gasteiger partial charge in [-0.1, -0.05) is 30.3 Å². The van der Waals surface area contributed by atoms with Gasteiger partial charge >= 0.3 is 0 Å². The van der Waals surface area contributed by atoms with Gasteiger partial charge in [-0.25, -0.2) is 0 Å². The summed E-state index contributed by atoms with van der Waals surface area (Å²) >= 11 is 0. The summed E-state index contributed by atoms with van der Waals surface area (Å²) < 4.78 is 0. The van der Waals surface area contributed by atoms with Crippen molar-refractivity contribution in [3.8, 4) is 0 Å². The predicted molar refractivity (Wildman–Crippen MR) is 78.6 cm³/mol. The molecular formula is C15H21ClN2O. The maximum Gasteiger partial charge on any atom is 0.227 e. The second kappa shape index (κ2) is 5.51. The van der Waals surface area contributed by atoms with Crippen molar-refractivity contribution >= 4 is 18.3 Å². The number of benzene rings is 1. The number of carbonyl (C=O) groups excluding carboxylic acids is 1. The molecule has 3 atom stereocenters. The minimum absolute atomic E-state index is 0. The summed E-state index contributed by atoms with van der Waals surface area (Å²) in [6.07, 6.45) is 2.03. The van der Waals surface area contributed by atoms with Crippen molar-refractivity contribution in [1.29, 1.82) is 0 Å². The highest BCUT2D eigenvalue weighted by molar-refractivity contribution is 5.85. The molecule has 3 rings (SSSR count). The molecule has 4 heteroatoms. The van der Waals surface area contributed by atoms with Gasteiger partial charge in [0.05, 0.1) is 5.41 Å². The molecule has 3 nitrogen and oxygen atoms in total. The molecule has 0 spiro atoms. The molecule has 1 saturated carbocycles. The van der Waals surface area contributed by atoms with Crippen LogP contribution in [0.5, 0.6) is 0 Å². The first-order valence-corrected chi connectivity index (χ1v) is 6.76. The summed E-state index contributed by atoms with van der Waals surface area (Å²) in [5.41, 5.74) is 1.14. The summed E-state index contributed by atoms with van der Waals surface area (Å²) in [6.45, 7) is 3.82. The molecule has 0 radical (unpaired) electrons. The first-order valence-electron chi connectivity index (χ1n) is 6.76. The van der Waals surface area contributed by atoms with Gasteiger partial charge in [0.2, 0.25) is 5.91 Å². The molecule has 1 aliphatic heterocycles. The van der Waals surface area contributed by atoms with E-state index in [2.05, 4.69) is 41.8 Å². The molecule has 0 aromatic heterocycles. The van der Waals surface area contributed by atoms with Crippen molar-refractivity contribution in [2.24, 2.45) is 5.41 Å². The maximum atomic E-state index is 12.2.